The van der Waals surface area contributed by atoms with Crippen LogP contribution in [0.15, 0.2) is 23.3 Å². The van der Waals surface area contributed by atoms with Crippen LogP contribution >= 0.6 is 11.6 Å². The van der Waals surface area contributed by atoms with Crippen LogP contribution in [0.25, 0.3) is 0 Å². The van der Waals surface area contributed by atoms with Crippen LogP contribution in [0.4, 0.5) is 19.0 Å². The molecule has 1 amide bonds. The third-order valence-corrected chi connectivity index (χ3v) is 3.35. The summed E-state index contributed by atoms with van der Waals surface area (Å²) in [4.78, 5) is 19.6. The van der Waals surface area contributed by atoms with Crippen LogP contribution in [-0.4, -0.2) is 40.3 Å². The highest BCUT2D eigenvalue weighted by Crippen LogP contribution is 2.20. The van der Waals surface area contributed by atoms with Crippen molar-refractivity contribution in [2.24, 2.45) is 10.7 Å². The summed E-state index contributed by atoms with van der Waals surface area (Å²) in [6.45, 7) is -2.92. The number of pyridine rings is 1. The molecule has 0 saturated carbocycles. The Balaban J connectivity index is 2.09. The number of nitrogens with one attached hydrogen (secondary N) is 1. The fourth-order valence-electron chi connectivity index (χ4n) is 1.84. The number of nitrogens with two attached hydrogens (primary N) is 1. The van der Waals surface area contributed by atoms with Gasteiger partial charge in [0.05, 0.1) is 23.5 Å². The van der Waals surface area contributed by atoms with Crippen LogP contribution in [0.5, 0.6) is 0 Å². The first-order valence-electron chi connectivity index (χ1n) is 7.16. The molecule has 8 nitrogen and oxygen atoms in total. The topological polar surface area (TPSA) is 107 Å². The smallest absolute Gasteiger partial charge is 0.333 e. The zero-order valence-corrected chi connectivity index (χ0v) is 14.2. The molecule has 0 unspecified atom stereocenters. The van der Waals surface area contributed by atoms with E-state index in [4.69, 9.17) is 22.1 Å². The van der Waals surface area contributed by atoms with Gasteiger partial charge in [0.1, 0.15) is 11.6 Å². The van der Waals surface area contributed by atoms with E-state index >= 15 is 0 Å². The molecule has 12 heteroatoms. The number of aliphatic imine (C=N–C) groups is 1. The summed E-state index contributed by atoms with van der Waals surface area (Å²) in [6.07, 6.45) is 0.883. The van der Waals surface area contributed by atoms with Crippen molar-refractivity contribution in [3.63, 3.8) is 0 Å². The fraction of sp³-hybridized carbons (Fsp3) is 0.286. The van der Waals surface area contributed by atoms with Gasteiger partial charge < -0.3 is 15.8 Å². The molecule has 26 heavy (non-hydrogen) atoms. The Bertz CT molecular complexity index is 827. The third kappa shape index (κ3) is 4.85. The van der Waals surface area contributed by atoms with Crippen LogP contribution in [0.3, 0.4) is 0 Å². The number of carbonyl (C=O) groups is 1. The van der Waals surface area contributed by atoms with Gasteiger partial charge in [0, 0.05) is 13.5 Å². The minimum atomic E-state index is -2.94. The molecule has 2 aromatic heterocycles. The number of amidine groups is 1. The van der Waals surface area contributed by atoms with Crippen molar-refractivity contribution >= 4 is 29.3 Å². The monoisotopic (exact) mass is 390 g/mol. The molecule has 0 aromatic carbocycles. The maximum Gasteiger partial charge on any atom is 0.333 e. The summed E-state index contributed by atoms with van der Waals surface area (Å²) in [7, 11) is 1.44. The molecule has 2 heterocycles. The van der Waals surface area contributed by atoms with Gasteiger partial charge in [-0.15, -0.1) is 0 Å². The van der Waals surface area contributed by atoms with E-state index in [2.05, 4.69) is 20.4 Å². The lowest BCUT2D eigenvalue weighted by Gasteiger charge is -2.08. The van der Waals surface area contributed by atoms with E-state index in [1.165, 1.54) is 13.1 Å². The minimum Gasteiger partial charge on any atom is -0.465 e. The van der Waals surface area contributed by atoms with Gasteiger partial charge >= 0.3 is 6.55 Å². The second-order valence-corrected chi connectivity index (χ2v) is 5.23. The van der Waals surface area contributed by atoms with Gasteiger partial charge in [0.25, 0.3) is 11.9 Å². The molecule has 0 bridgehead atoms. The summed E-state index contributed by atoms with van der Waals surface area (Å²) in [6, 6.07) is 2.24. The first-order chi connectivity index (χ1) is 12.3. The van der Waals surface area contributed by atoms with Crippen LogP contribution in [0.2, 0.25) is 5.02 Å². The molecule has 2 rings (SSSR count). The van der Waals surface area contributed by atoms with E-state index in [9.17, 15) is 18.0 Å². The Morgan fingerprint density at radius 3 is 2.85 bits per heavy atom. The number of hydrogen-bond acceptors (Lipinski definition) is 5. The van der Waals surface area contributed by atoms with E-state index < -0.39 is 24.0 Å². The Morgan fingerprint density at radius 2 is 2.23 bits per heavy atom. The van der Waals surface area contributed by atoms with Gasteiger partial charge in [-0.25, -0.2) is 19.0 Å². The van der Waals surface area contributed by atoms with E-state index in [1.807, 2.05) is 0 Å². The Labute approximate surface area is 150 Å². The maximum atomic E-state index is 13.8. The zero-order chi connectivity index (χ0) is 19.3. The summed E-state index contributed by atoms with van der Waals surface area (Å²) < 4.78 is 44.2. The number of nitrogens with zero attached hydrogens (tertiary/aromatic N) is 4. The molecular weight excluding hydrogens is 377 g/mol. The van der Waals surface area contributed by atoms with E-state index in [0.29, 0.717) is 0 Å². The quantitative estimate of drug-likeness (QED) is 0.581. The van der Waals surface area contributed by atoms with Crippen LogP contribution in [-0.2, 0) is 11.2 Å². The van der Waals surface area contributed by atoms with Gasteiger partial charge in [-0.1, -0.05) is 11.6 Å². The molecule has 0 aliphatic heterocycles. The first-order valence-corrected chi connectivity index (χ1v) is 7.54. The molecule has 3 N–H and O–H groups in total. The number of hydrogen-bond donors (Lipinski definition) is 2. The third-order valence-electron chi connectivity index (χ3n) is 3.07. The van der Waals surface area contributed by atoms with E-state index in [1.54, 1.807) is 0 Å². The first kappa shape index (κ1) is 19.5. The lowest BCUT2D eigenvalue weighted by atomic mass is 10.2. The average Bonchev–Trinajstić information content (AvgIpc) is 2.99. The van der Waals surface area contributed by atoms with Crippen LogP contribution in [0, 0.1) is 5.82 Å². The van der Waals surface area contributed by atoms with Crippen molar-refractivity contribution in [1.29, 1.82) is 0 Å². The summed E-state index contributed by atoms with van der Waals surface area (Å²) in [5.41, 5.74) is 4.96. The molecule has 2 aromatic rings. The number of aromatic nitrogens is 3. The summed E-state index contributed by atoms with van der Waals surface area (Å²) >= 11 is 5.72. The molecule has 0 radical (unpaired) electrons. The Morgan fingerprint density at radius 1 is 1.50 bits per heavy atom. The van der Waals surface area contributed by atoms with Gasteiger partial charge in [-0.3, -0.25) is 4.79 Å². The Kier molecular flexibility index (Phi) is 6.39. The molecule has 0 saturated heterocycles. The van der Waals surface area contributed by atoms with Crippen molar-refractivity contribution < 1.29 is 22.7 Å². The molecule has 0 atom stereocenters. The molecule has 0 spiro atoms. The van der Waals surface area contributed by atoms with Crippen molar-refractivity contribution in [3.05, 3.63) is 40.6 Å². The minimum absolute atomic E-state index is 0.00815. The van der Waals surface area contributed by atoms with Crippen molar-refractivity contribution in [2.45, 2.75) is 13.0 Å². The van der Waals surface area contributed by atoms with Crippen LogP contribution in [0.1, 0.15) is 22.7 Å². The van der Waals surface area contributed by atoms with Crippen LogP contribution < -0.4 is 11.1 Å². The van der Waals surface area contributed by atoms with Gasteiger partial charge in [0.15, 0.2) is 5.69 Å². The van der Waals surface area contributed by atoms with Crippen molar-refractivity contribution in [3.8, 4) is 0 Å². The Hall–Kier alpha value is -2.82. The summed E-state index contributed by atoms with van der Waals surface area (Å²) in [5.74, 6) is -1.48. The number of rotatable bonds is 6. The number of alkyl halides is 2. The average molecular weight is 391 g/mol. The molecule has 0 aliphatic carbocycles. The molecule has 0 fully saturated rings. The second-order valence-electron chi connectivity index (χ2n) is 4.82. The fourth-order valence-corrected chi connectivity index (χ4v) is 2.07. The van der Waals surface area contributed by atoms with E-state index in [-0.39, 0.29) is 40.3 Å². The SMILES string of the molecule is CN=C(N)OCCc1nc(NC(=O)c2nn(C(F)F)cc2Cl)ccc1F. The largest absolute Gasteiger partial charge is 0.465 e. The van der Waals surface area contributed by atoms with E-state index in [0.717, 1.165) is 12.3 Å². The maximum absolute atomic E-state index is 13.8. The normalized spacial score (nSPS) is 11.7. The molecule has 140 valence electrons. The number of carbonyl (C=O) groups excluding carboxylic acids is 1. The number of anilines is 1. The highest BCUT2D eigenvalue weighted by Gasteiger charge is 2.19. The van der Waals surface area contributed by atoms with Gasteiger partial charge in [0.2, 0.25) is 0 Å². The van der Waals surface area contributed by atoms with Gasteiger partial charge in [-0.2, -0.15) is 13.9 Å². The highest BCUT2D eigenvalue weighted by molar-refractivity contribution is 6.34. The molecule has 0 aliphatic rings. The number of amides is 1. The van der Waals surface area contributed by atoms with Gasteiger partial charge in [-0.05, 0) is 12.1 Å². The van der Waals surface area contributed by atoms with Crippen molar-refractivity contribution in [1.82, 2.24) is 14.8 Å². The molecular formula is C14H14ClF3N6O2. The van der Waals surface area contributed by atoms with Crippen molar-refractivity contribution in [2.75, 3.05) is 19.0 Å². The second kappa shape index (κ2) is 8.52. The predicted molar refractivity (Wildman–Crippen MR) is 87.8 cm³/mol. The lowest BCUT2D eigenvalue weighted by molar-refractivity contribution is 0.0561. The lowest BCUT2D eigenvalue weighted by Crippen LogP contribution is -2.18. The number of ether oxygens (including phenoxy) is 1. The summed E-state index contributed by atoms with van der Waals surface area (Å²) in [5, 5.41) is 5.46. The zero-order valence-electron chi connectivity index (χ0n) is 13.4. The highest BCUT2D eigenvalue weighted by atomic mass is 35.5. The number of halogens is 4. The standard InChI is InChI=1S/C14H14ClF3N6O2/c1-20-14(19)26-5-4-9-8(16)2-3-10(21-9)22-12(25)11-7(15)6-24(23-11)13(17)18/h2-3,6,13H,4-5H2,1H3,(H2,19,20)(H,21,22,25). The predicted octanol–water partition coefficient (Wildman–Crippen LogP) is 2.22.